The van der Waals surface area contributed by atoms with E-state index in [-0.39, 0.29) is 10.6 Å². The lowest BCUT2D eigenvalue weighted by Gasteiger charge is -2.26. The average molecular weight is 486 g/mol. The maximum atomic E-state index is 12.7. The van der Waals surface area contributed by atoms with E-state index >= 15 is 0 Å². The van der Waals surface area contributed by atoms with Crippen LogP contribution in [-0.4, -0.2) is 72.5 Å². The van der Waals surface area contributed by atoms with E-state index in [9.17, 15) is 18.0 Å². The van der Waals surface area contributed by atoms with Crippen LogP contribution in [0, 0.1) is 6.92 Å². The lowest BCUT2D eigenvalue weighted by molar-refractivity contribution is -0.119. The van der Waals surface area contributed by atoms with Crippen molar-refractivity contribution < 1.29 is 27.5 Å². The Hall–Kier alpha value is -3.61. The zero-order valence-electron chi connectivity index (χ0n) is 18.4. The van der Waals surface area contributed by atoms with Gasteiger partial charge in [-0.15, -0.1) is 5.10 Å². The quantitative estimate of drug-likeness (QED) is 0.497. The number of amides is 1. The summed E-state index contributed by atoms with van der Waals surface area (Å²) in [5.74, 6) is -1.35. The third-order valence-electron chi connectivity index (χ3n) is 5.04. The van der Waals surface area contributed by atoms with Gasteiger partial charge in [-0.3, -0.25) is 4.79 Å². The fourth-order valence-corrected chi connectivity index (χ4v) is 4.69. The highest BCUT2D eigenvalue weighted by Crippen LogP contribution is 2.19. The molecule has 0 unspecified atom stereocenters. The number of hydrogen-bond donors (Lipinski definition) is 1. The molecule has 1 amide bonds. The van der Waals surface area contributed by atoms with E-state index in [4.69, 9.17) is 9.47 Å². The molecule has 0 aliphatic carbocycles. The second kappa shape index (κ2) is 10.1. The van der Waals surface area contributed by atoms with Crippen LogP contribution >= 0.6 is 0 Å². The fourth-order valence-electron chi connectivity index (χ4n) is 3.29. The van der Waals surface area contributed by atoms with E-state index in [2.05, 4.69) is 15.5 Å². The molecule has 1 fully saturated rings. The van der Waals surface area contributed by atoms with E-state index in [0.717, 1.165) is 0 Å². The van der Waals surface area contributed by atoms with E-state index in [1.807, 2.05) is 18.2 Å². The van der Waals surface area contributed by atoms with Crippen molar-refractivity contribution in [1.82, 2.24) is 19.3 Å². The number of nitrogens with zero attached hydrogens (tertiary/aromatic N) is 4. The van der Waals surface area contributed by atoms with E-state index < -0.39 is 28.5 Å². The number of esters is 1. The lowest BCUT2D eigenvalue weighted by atomic mass is 10.3. The fraction of sp³-hybridized carbons (Fsp3) is 0.273. The molecule has 1 N–H and O–H groups in total. The molecule has 1 aliphatic rings. The summed E-state index contributed by atoms with van der Waals surface area (Å²) in [6.45, 7) is 2.39. The first kappa shape index (κ1) is 23.5. The first-order valence-corrected chi connectivity index (χ1v) is 11.9. The zero-order chi connectivity index (χ0) is 24.1. The number of carbonyl (C=O) groups excluding carboxylic acids is 2. The summed E-state index contributed by atoms with van der Waals surface area (Å²) in [6, 6.07) is 14.9. The predicted octanol–water partition coefficient (Wildman–Crippen LogP) is 1.39. The molecule has 1 aromatic heterocycles. The first-order chi connectivity index (χ1) is 16.3. The number of benzene rings is 2. The summed E-state index contributed by atoms with van der Waals surface area (Å²) >= 11 is 0. The summed E-state index contributed by atoms with van der Waals surface area (Å²) in [4.78, 5) is 26.0. The molecule has 11 nitrogen and oxygen atoms in total. The first-order valence-electron chi connectivity index (χ1n) is 10.5. The third-order valence-corrected chi connectivity index (χ3v) is 6.96. The maximum absolute atomic E-state index is 12.7. The Morgan fingerprint density at radius 3 is 2.38 bits per heavy atom. The number of para-hydroxylation sites is 1. The Morgan fingerprint density at radius 2 is 1.71 bits per heavy atom. The Kier molecular flexibility index (Phi) is 7.01. The molecule has 3 aromatic rings. The highest BCUT2D eigenvalue weighted by Gasteiger charge is 2.26. The van der Waals surface area contributed by atoms with Gasteiger partial charge in [-0.05, 0) is 43.3 Å². The molecule has 12 heteroatoms. The molecule has 0 radical (unpaired) electrons. The highest BCUT2D eigenvalue weighted by atomic mass is 32.2. The van der Waals surface area contributed by atoms with Gasteiger partial charge in [-0.2, -0.15) is 14.2 Å². The molecule has 4 rings (SSSR count). The molecule has 2 heterocycles. The van der Waals surface area contributed by atoms with Gasteiger partial charge in [0.2, 0.25) is 10.0 Å². The zero-order valence-corrected chi connectivity index (χ0v) is 19.2. The second-order valence-corrected chi connectivity index (χ2v) is 9.36. The van der Waals surface area contributed by atoms with Crippen molar-refractivity contribution >= 4 is 27.6 Å². The monoisotopic (exact) mass is 485 g/mol. The van der Waals surface area contributed by atoms with Gasteiger partial charge in [0.15, 0.2) is 12.3 Å². The van der Waals surface area contributed by atoms with Crippen molar-refractivity contribution in [3.8, 4) is 5.69 Å². The average Bonchev–Trinajstić information content (AvgIpc) is 3.25. The van der Waals surface area contributed by atoms with Crippen molar-refractivity contribution in [1.29, 1.82) is 0 Å². The van der Waals surface area contributed by atoms with Gasteiger partial charge >= 0.3 is 5.97 Å². The maximum Gasteiger partial charge on any atom is 0.361 e. The van der Waals surface area contributed by atoms with Gasteiger partial charge in [0.25, 0.3) is 5.91 Å². The van der Waals surface area contributed by atoms with Crippen molar-refractivity contribution in [2.45, 2.75) is 11.8 Å². The number of hydrogen-bond acceptors (Lipinski definition) is 8. The lowest BCUT2D eigenvalue weighted by Crippen LogP contribution is -2.40. The van der Waals surface area contributed by atoms with Crippen LogP contribution in [0.25, 0.3) is 5.69 Å². The van der Waals surface area contributed by atoms with Gasteiger partial charge in [0.05, 0.1) is 29.5 Å². The minimum atomic E-state index is -3.63. The van der Waals surface area contributed by atoms with Crippen LogP contribution in [-0.2, 0) is 24.3 Å². The number of nitrogens with one attached hydrogen (secondary N) is 1. The smallest absolute Gasteiger partial charge is 0.361 e. The molecule has 0 spiro atoms. The Labute approximate surface area is 196 Å². The third kappa shape index (κ3) is 5.30. The molecule has 2 aromatic carbocycles. The highest BCUT2D eigenvalue weighted by molar-refractivity contribution is 7.89. The summed E-state index contributed by atoms with van der Waals surface area (Å²) in [5, 5.41) is 10.9. The Bertz CT molecular complexity index is 1270. The molecule has 178 valence electrons. The number of ether oxygens (including phenoxy) is 2. The van der Waals surface area contributed by atoms with Crippen LogP contribution in [0.1, 0.15) is 16.2 Å². The van der Waals surface area contributed by atoms with Crippen LogP contribution < -0.4 is 5.32 Å². The second-order valence-electron chi connectivity index (χ2n) is 7.42. The van der Waals surface area contributed by atoms with Crippen LogP contribution in [0.2, 0.25) is 0 Å². The molecule has 1 saturated heterocycles. The standard InChI is InChI=1S/C22H23N5O6S/c1-16-21(25-27(24-16)18-5-3-2-4-6-18)22(29)33-15-20(28)23-17-7-9-19(10-8-17)34(30,31)26-11-13-32-14-12-26/h2-10H,11-15H2,1H3,(H,23,28). The Balaban J connectivity index is 1.33. The van der Waals surface area contributed by atoms with Gasteiger partial charge < -0.3 is 14.8 Å². The number of aromatic nitrogens is 3. The molecule has 0 atom stereocenters. The molecular weight excluding hydrogens is 462 g/mol. The molecule has 1 aliphatic heterocycles. The van der Waals surface area contributed by atoms with Crippen LogP contribution in [0.3, 0.4) is 0 Å². The molecule has 0 saturated carbocycles. The number of anilines is 1. The largest absolute Gasteiger partial charge is 0.451 e. The number of sulfonamides is 1. The van der Waals surface area contributed by atoms with Gasteiger partial charge in [-0.1, -0.05) is 18.2 Å². The topological polar surface area (TPSA) is 133 Å². The SMILES string of the molecule is Cc1nn(-c2ccccc2)nc1C(=O)OCC(=O)Nc1ccc(S(=O)(=O)N2CCOCC2)cc1. The van der Waals surface area contributed by atoms with Crippen molar-refractivity contribution in [3.05, 3.63) is 66.0 Å². The Morgan fingerprint density at radius 1 is 1.03 bits per heavy atom. The summed E-state index contributed by atoms with van der Waals surface area (Å²) in [7, 11) is -3.63. The van der Waals surface area contributed by atoms with Crippen LogP contribution in [0.5, 0.6) is 0 Å². The minimum absolute atomic E-state index is 0.00863. The van der Waals surface area contributed by atoms with E-state index in [1.165, 1.54) is 33.4 Å². The summed E-state index contributed by atoms with van der Waals surface area (Å²) in [5.41, 5.74) is 1.43. The molecule has 0 bridgehead atoms. The van der Waals surface area contributed by atoms with Crippen molar-refractivity contribution in [2.24, 2.45) is 0 Å². The molecule has 34 heavy (non-hydrogen) atoms. The van der Waals surface area contributed by atoms with Crippen molar-refractivity contribution in [2.75, 3.05) is 38.2 Å². The van der Waals surface area contributed by atoms with Gasteiger partial charge in [0, 0.05) is 18.8 Å². The number of morpholine rings is 1. The van der Waals surface area contributed by atoms with Crippen LogP contribution in [0.15, 0.2) is 59.5 Å². The summed E-state index contributed by atoms with van der Waals surface area (Å²) in [6.07, 6.45) is 0. The van der Waals surface area contributed by atoms with E-state index in [1.54, 1.807) is 19.1 Å². The summed E-state index contributed by atoms with van der Waals surface area (Å²) < 4.78 is 37.0. The predicted molar refractivity (Wildman–Crippen MR) is 121 cm³/mol. The minimum Gasteiger partial charge on any atom is -0.451 e. The van der Waals surface area contributed by atoms with Gasteiger partial charge in [-0.25, -0.2) is 13.2 Å². The number of rotatable bonds is 7. The molecular formula is C22H23N5O6S. The number of carbonyl (C=O) groups is 2. The van der Waals surface area contributed by atoms with Crippen LogP contribution in [0.4, 0.5) is 5.69 Å². The van der Waals surface area contributed by atoms with Gasteiger partial charge in [0.1, 0.15) is 0 Å². The number of aryl methyl sites for hydroxylation is 1. The normalized spacial score (nSPS) is 14.5. The van der Waals surface area contributed by atoms with E-state index in [0.29, 0.717) is 43.4 Å². The van der Waals surface area contributed by atoms with Crippen molar-refractivity contribution in [3.63, 3.8) is 0 Å².